The fourth-order valence-electron chi connectivity index (χ4n) is 3.41. The molecule has 0 aromatic heterocycles. The van der Waals surface area contributed by atoms with Gasteiger partial charge in [-0.1, -0.05) is 24.3 Å². The summed E-state index contributed by atoms with van der Waals surface area (Å²) in [5.41, 5.74) is 2.92. The minimum atomic E-state index is -3.67. The molecule has 1 amide bonds. The van der Waals surface area contributed by atoms with Gasteiger partial charge in [-0.05, 0) is 42.5 Å². The van der Waals surface area contributed by atoms with Crippen LogP contribution in [0.1, 0.15) is 30.0 Å². The summed E-state index contributed by atoms with van der Waals surface area (Å²) in [6, 6.07) is 12.5. The standard InChI is InChI=1S/C19H18F2N2O3/c20-19(21)25-16-9-8-13(10-17(16)26-19)23-18(24)11-22-15-7-3-5-12-4-1-2-6-14(12)15/h1-2,4,6,8-10,15,22H,3,5,7,11H2,(H,23,24)/t15-/m1/s1. The Morgan fingerprint density at radius 2 is 1.96 bits per heavy atom. The molecule has 2 aromatic carbocycles. The van der Waals surface area contributed by atoms with Gasteiger partial charge in [-0.2, -0.15) is 0 Å². The molecule has 1 atom stereocenters. The van der Waals surface area contributed by atoms with E-state index in [1.807, 2.05) is 12.1 Å². The zero-order valence-corrected chi connectivity index (χ0v) is 13.9. The second-order valence-corrected chi connectivity index (χ2v) is 6.40. The van der Waals surface area contributed by atoms with Crippen LogP contribution in [0.2, 0.25) is 0 Å². The van der Waals surface area contributed by atoms with E-state index in [9.17, 15) is 13.6 Å². The topological polar surface area (TPSA) is 59.6 Å². The quantitative estimate of drug-likeness (QED) is 0.874. The van der Waals surface area contributed by atoms with Gasteiger partial charge >= 0.3 is 6.29 Å². The Balaban J connectivity index is 1.36. The number of aryl methyl sites for hydroxylation is 1. The average molecular weight is 360 g/mol. The monoisotopic (exact) mass is 360 g/mol. The first kappa shape index (κ1) is 16.8. The third kappa shape index (κ3) is 3.48. The summed E-state index contributed by atoms with van der Waals surface area (Å²) >= 11 is 0. The second-order valence-electron chi connectivity index (χ2n) is 6.40. The van der Waals surface area contributed by atoms with Crippen LogP contribution in [0, 0.1) is 0 Å². The third-order valence-electron chi connectivity index (χ3n) is 4.56. The number of ether oxygens (including phenoxy) is 2. The number of hydrogen-bond donors (Lipinski definition) is 2. The molecule has 1 aliphatic carbocycles. The minimum Gasteiger partial charge on any atom is -0.395 e. The summed E-state index contributed by atoms with van der Waals surface area (Å²) in [5.74, 6) is -0.398. The molecular weight excluding hydrogens is 342 g/mol. The van der Waals surface area contributed by atoms with Crippen molar-refractivity contribution >= 4 is 11.6 Å². The second kappa shape index (κ2) is 6.57. The number of anilines is 1. The van der Waals surface area contributed by atoms with Crippen molar-refractivity contribution in [3.63, 3.8) is 0 Å². The van der Waals surface area contributed by atoms with E-state index in [-0.39, 0.29) is 30.0 Å². The van der Waals surface area contributed by atoms with Gasteiger partial charge in [-0.3, -0.25) is 4.79 Å². The molecule has 2 aromatic rings. The number of hydrogen-bond acceptors (Lipinski definition) is 4. The normalized spacial score (nSPS) is 19.7. The zero-order valence-electron chi connectivity index (χ0n) is 13.9. The van der Waals surface area contributed by atoms with Gasteiger partial charge in [0, 0.05) is 17.8 Å². The van der Waals surface area contributed by atoms with Crippen molar-refractivity contribution in [2.45, 2.75) is 31.6 Å². The van der Waals surface area contributed by atoms with E-state index in [2.05, 4.69) is 32.2 Å². The first-order valence-electron chi connectivity index (χ1n) is 8.51. The summed E-state index contributed by atoms with van der Waals surface area (Å²) in [6.45, 7) is 0.129. The van der Waals surface area contributed by atoms with Crippen LogP contribution in [0.5, 0.6) is 11.5 Å². The van der Waals surface area contributed by atoms with Gasteiger partial charge < -0.3 is 20.1 Å². The highest BCUT2D eigenvalue weighted by Gasteiger charge is 2.43. The Morgan fingerprint density at radius 1 is 1.15 bits per heavy atom. The van der Waals surface area contributed by atoms with Crippen LogP contribution in [0.25, 0.3) is 0 Å². The number of rotatable bonds is 4. The van der Waals surface area contributed by atoms with E-state index in [0.29, 0.717) is 5.69 Å². The van der Waals surface area contributed by atoms with Crippen molar-refractivity contribution in [3.05, 3.63) is 53.6 Å². The molecule has 2 N–H and O–H groups in total. The van der Waals surface area contributed by atoms with Crippen LogP contribution in [-0.2, 0) is 11.2 Å². The number of benzene rings is 2. The highest BCUT2D eigenvalue weighted by molar-refractivity contribution is 5.92. The lowest BCUT2D eigenvalue weighted by molar-refractivity contribution is -0.286. The molecule has 0 saturated heterocycles. The maximum absolute atomic E-state index is 13.0. The van der Waals surface area contributed by atoms with Gasteiger partial charge in [-0.15, -0.1) is 8.78 Å². The maximum Gasteiger partial charge on any atom is 0.586 e. The average Bonchev–Trinajstić information content (AvgIpc) is 2.93. The fraction of sp³-hybridized carbons (Fsp3) is 0.316. The van der Waals surface area contributed by atoms with Gasteiger partial charge in [0.05, 0.1) is 6.54 Å². The Hall–Kier alpha value is -2.67. The Morgan fingerprint density at radius 3 is 2.85 bits per heavy atom. The summed E-state index contributed by atoms with van der Waals surface area (Å²) in [5, 5.41) is 5.96. The molecule has 7 heteroatoms. The van der Waals surface area contributed by atoms with E-state index in [4.69, 9.17) is 0 Å². The van der Waals surface area contributed by atoms with E-state index in [1.54, 1.807) is 0 Å². The molecule has 1 aliphatic heterocycles. The minimum absolute atomic E-state index is 0.0510. The van der Waals surface area contributed by atoms with Crippen LogP contribution in [-0.4, -0.2) is 18.7 Å². The number of halogens is 2. The molecule has 136 valence electrons. The van der Waals surface area contributed by atoms with Gasteiger partial charge in [0.1, 0.15) is 0 Å². The summed E-state index contributed by atoms with van der Waals surface area (Å²) in [6.07, 6.45) is -0.556. The van der Waals surface area contributed by atoms with Crippen molar-refractivity contribution in [2.75, 3.05) is 11.9 Å². The number of nitrogens with one attached hydrogen (secondary N) is 2. The highest BCUT2D eigenvalue weighted by atomic mass is 19.3. The maximum atomic E-state index is 13.0. The first-order valence-corrected chi connectivity index (χ1v) is 8.51. The number of amides is 1. The van der Waals surface area contributed by atoms with Crippen LogP contribution < -0.4 is 20.1 Å². The van der Waals surface area contributed by atoms with E-state index in [0.717, 1.165) is 19.3 Å². The molecule has 0 unspecified atom stereocenters. The largest absolute Gasteiger partial charge is 0.586 e. The molecule has 0 radical (unpaired) electrons. The van der Waals surface area contributed by atoms with Crippen molar-refractivity contribution in [3.8, 4) is 11.5 Å². The molecule has 0 saturated carbocycles. The molecule has 0 fully saturated rings. The predicted molar refractivity (Wildman–Crippen MR) is 91.4 cm³/mol. The van der Waals surface area contributed by atoms with Crippen molar-refractivity contribution < 1.29 is 23.0 Å². The molecule has 4 rings (SSSR count). The smallest absolute Gasteiger partial charge is 0.395 e. The molecule has 2 aliphatic rings. The predicted octanol–water partition coefficient (Wildman–Crippen LogP) is 3.61. The Labute approximate surface area is 149 Å². The van der Waals surface area contributed by atoms with Crippen molar-refractivity contribution in [2.24, 2.45) is 0 Å². The van der Waals surface area contributed by atoms with Crippen LogP contribution in [0.15, 0.2) is 42.5 Å². The zero-order chi connectivity index (χ0) is 18.1. The SMILES string of the molecule is O=C(CN[C@@H]1CCCc2ccccc21)Nc1ccc2c(c1)OC(F)(F)O2. The lowest BCUT2D eigenvalue weighted by Crippen LogP contribution is -2.33. The molecular formula is C19H18F2N2O3. The molecule has 0 spiro atoms. The van der Waals surface area contributed by atoms with Crippen molar-refractivity contribution in [1.82, 2.24) is 5.32 Å². The fourth-order valence-corrected chi connectivity index (χ4v) is 3.41. The lowest BCUT2D eigenvalue weighted by Gasteiger charge is -2.26. The third-order valence-corrected chi connectivity index (χ3v) is 4.56. The van der Waals surface area contributed by atoms with Gasteiger partial charge in [0.15, 0.2) is 11.5 Å². The summed E-state index contributed by atoms with van der Waals surface area (Å²) in [7, 11) is 0. The Kier molecular flexibility index (Phi) is 4.24. The molecule has 1 heterocycles. The van der Waals surface area contributed by atoms with E-state index < -0.39 is 6.29 Å². The molecule has 5 nitrogen and oxygen atoms in total. The van der Waals surface area contributed by atoms with E-state index >= 15 is 0 Å². The van der Waals surface area contributed by atoms with Gasteiger partial charge in [0.25, 0.3) is 0 Å². The summed E-state index contributed by atoms with van der Waals surface area (Å²) < 4.78 is 34.8. The number of carbonyl (C=O) groups is 1. The van der Waals surface area contributed by atoms with Crippen LogP contribution in [0.4, 0.5) is 14.5 Å². The highest BCUT2D eigenvalue weighted by Crippen LogP contribution is 2.42. The first-order chi connectivity index (χ1) is 12.5. The molecule has 26 heavy (non-hydrogen) atoms. The summed E-state index contributed by atoms with van der Waals surface area (Å²) in [4.78, 5) is 12.2. The van der Waals surface area contributed by atoms with Crippen LogP contribution >= 0.6 is 0 Å². The number of alkyl halides is 2. The van der Waals surface area contributed by atoms with E-state index in [1.165, 1.54) is 29.3 Å². The van der Waals surface area contributed by atoms with Gasteiger partial charge in [-0.25, -0.2) is 0 Å². The Bertz CT molecular complexity index is 841. The van der Waals surface area contributed by atoms with Crippen molar-refractivity contribution in [1.29, 1.82) is 0 Å². The number of fused-ring (bicyclic) bond motifs is 2. The number of carbonyl (C=O) groups excluding carboxylic acids is 1. The van der Waals surface area contributed by atoms with Gasteiger partial charge in [0.2, 0.25) is 5.91 Å². The lowest BCUT2D eigenvalue weighted by atomic mass is 9.88. The molecule has 0 bridgehead atoms. The van der Waals surface area contributed by atoms with Crippen LogP contribution in [0.3, 0.4) is 0 Å².